The van der Waals surface area contributed by atoms with Gasteiger partial charge in [-0.15, -0.1) is 0 Å². The lowest BCUT2D eigenvalue weighted by Gasteiger charge is -2.34. The van der Waals surface area contributed by atoms with Gasteiger partial charge in [0.1, 0.15) is 0 Å². The summed E-state index contributed by atoms with van der Waals surface area (Å²) in [4.78, 5) is 0. The van der Waals surface area contributed by atoms with E-state index in [1.165, 1.54) is 4.31 Å². The van der Waals surface area contributed by atoms with Crippen molar-refractivity contribution in [3.63, 3.8) is 0 Å². The molecule has 106 valence electrons. The second-order valence-corrected chi connectivity index (χ2v) is 7.84. The van der Waals surface area contributed by atoms with Gasteiger partial charge >= 0.3 is 0 Å². The number of benzene rings is 1. The first kappa shape index (κ1) is 15.0. The van der Waals surface area contributed by atoms with E-state index in [2.05, 4.69) is 15.9 Å². The third kappa shape index (κ3) is 4.02. The SMILES string of the molecule is C[C@H]1CN(S(=O)(=O)Cc2ccc(Br)cc2)C[C@H](C)O1. The van der Waals surface area contributed by atoms with Crippen molar-refractivity contribution in [1.29, 1.82) is 0 Å². The van der Waals surface area contributed by atoms with Crippen molar-refractivity contribution in [1.82, 2.24) is 4.31 Å². The fourth-order valence-electron chi connectivity index (χ4n) is 2.24. The first-order valence-electron chi connectivity index (χ1n) is 6.24. The Kier molecular flexibility index (Phi) is 4.66. The first-order valence-corrected chi connectivity index (χ1v) is 8.65. The number of halogens is 1. The van der Waals surface area contributed by atoms with Crippen molar-refractivity contribution in [3.05, 3.63) is 34.3 Å². The average Bonchev–Trinajstić information content (AvgIpc) is 2.31. The maximum atomic E-state index is 12.4. The Morgan fingerprint density at radius 3 is 2.26 bits per heavy atom. The van der Waals surface area contributed by atoms with Crippen molar-refractivity contribution in [2.75, 3.05) is 13.1 Å². The highest BCUT2D eigenvalue weighted by Crippen LogP contribution is 2.19. The molecular formula is C13H18BrNO3S. The van der Waals surface area contributed by atoms with Crippen molar-refractivity contribution in [3.8, 4) is 0 Å². The molecule has 1 saturated heterocycles. The third-order valence-electron chi connectivity index (χ3n) is 3.04. The molecule has 6 heteroatoms. The maximum absolute atomic E-state index is 12.4. The van der Waals surface area contributed by atoms with Gasteiger partial charge in [0.15, 0.2) is 0 Å². The molecule has 1 aliphatic rings. The monoisotopic (exact) mass is 347 g/mol. The first-order chi connectivity index (χ1) is 8.87. The van der Waals surface area contributed by atoms with E-state index in [4.69, 9.17) is 4.74 Å². The number of rotatable bonds is 3. The normalized spacial score (nSPS) is 25.4. The molecule has 0 aromatic heterocycles. The molecule has 1 aliphatic heterocycles. The summed E-state index contributed by atoms with van der Waals surface area (Å²) in [7, 11) is -3.28. The fourth-order valence-corrected chi connectivity index (χ4v) is 4.18. The van der Waals surface area contributed by atoms with Crippen LogP contribution in [0.5, 0.6) is 0 Å². The van der Waals surface area contributed by atoms with Crippen molar-refractivity contribution < 1.29 is 13.2 Å². The smallest absolute Gasteiger partial charge is 0.218 e. The van der Waals surface area contributed by atoms with E-state index in [1.54, 1.807) is 0 Å². The molecule has 1 aromatic rings. The van der Waals surface area contributed by atoms with Crippen LogP contribution < -0.4 is 0 Å². The summed E-state index contributed by atoms with van der Waals surface area (Å²) in [6.07, 6.45) is -0.105. The van der Waals surface area contributed by atoms with Crippen LogP contribution >= 0.6 is 15.9 Å². The zero-order chi connectivity index (χ0) is 14.0. The molecule has 2 rings (SSSR count). The van der Waals surface area contributed by atoms with Gasteiger partial charge < -0.3 is 4.74 Å². The molecule has 0 spiro atoms. The molecule has 19 heavy (non-hydrogen) atoms. The number of hydrogen-bond donors (Lipinski definition) is 0. The van der Waals surface area contributed by atoms with Crippen LogP contribution in [0.1, 0.15) is 19.4 Å². The molecule has 2 atom stereocenters. The third-order valence-corrected chi connectivity index (χ3v) is 5.35. The summed E-state index contributed by atoms with van der Waals surface area (Å²) in [6.45, 7) is 4.67. The van der Waals surface area contributed by atoms with Gasteiger partial charge in [0.2, 0.25) is 10.0 Å². The molecule has 1 heterocycles. The summed E-state index contributed by atoms with van der Waals surface area (Å²) in [5.41, 5.74) is 0.801. The van der Waals surface area contributed by atoms with Gasteiger partial charge in [-0.3, -0.25) is 0 Å². The van der Waals surface area contributed by atoms with E-state index < -0.39 is 10.0 Å². The highest BCUT2D eigenvalue weighted by molar-refractivity contribution is 9.10. The van der Waals surface area contributed by atoms with Crippen LogP contribution in [0.4, 0.5) is 0 Å². The highest BCUT2D eigenvalue weighted by Gasteiger charge is 2.30. The van der Waals surface area contributed by atoms with Crippen LogP contribution in [-0.2, 0) is 20.5 Å². The predicted octanol–water partition coefficient (Wildman–Crippen LogP) is 2.39. The Labute approximate surface area is 122 Å². The summed E-state index contributed by atoms with van der Waals surface area (Å²) < 4.78 is 32.8. The summed E-state index contributed by atoms with van der Waals surface area (Å²) in [6, 6.07) is 7.37. The molecule has 0 N–H and O–H groups in total. The minimum atomic E-state index is -3.28. The maximum Gasteiger partial charge on any atom is 0.218 e. The van der Waals surface area contributed by atoms with Gasteiger partial charge in [-0.1, -0.05) is 28.1 Å². The topological polar surface area (TPSA) is 46.6 Å². The van der Waals surface area contributed by atoms with Crippen LogP contribution in [0.15, 0.2) is 28.7 Å². The number of sulfonamides is 1. The molecule has 0 bridgehead atoms. The fraction of sp³-hybridized carbons (Fsp3) is 0.538. The second-order valence-electron chi connectivity index (χ2n) is 4.96. The number of morpholine rings is 1. The average molecular weight is 348 g/mol. The van der Waals surface area contributed by atoms with Crippen molar-refractivity contribution >= 4 is 26.0 Å². The molecule has 0 unspecified atom stereocenters. The van der Waals surface area contributed by atoms with Crippen LogP contribution in [0.25, 0.3) is 0 Å². The van der Waals surface area contributed by atoms with Crippen LogP contribution in [0, 0.1) is 0 Å². The quantitative estimate of drug-likeness (QED) is 0.843. The molecule has 0 amide bonds. The van der Waals surface area contributed by atoms with E-state index in [9.17, 15) is 8.42 Å². The molecule has 0 saturated carbocycles. The van der Waals surface area contributed by atoms with Crippen LogP contribution in [0.3, 0.4) is 0 Å². The van der Waals surface area contributed by atoms with Gasteiger partial charge in [0, 0.05) is 17.6 Å². The van der Waals surface area contributed by atoms with Gasteiger partial charge in [0.05, 0.1) is 18.0 Å². The van der Waals surface area contributed by atoms with E-state index in [1.807, 2.05) is 38.1 Å². The lowest BCUT2D eigenvalue weighted by molar-refractivity contribution is -0.0441. The summed E-state index contributed by atoms with van der Waals surface area (Å²) >= 11 is 3.34. The van der Waals surface area contributed by atoms with Gasteiger partial charge in [-0.05, 0) is 31.5 Å². The summed E-state index contributed by atoms with van der Waals surface area (Å²) in [5, 5.41) is 0. The Morgan fingerprint density at radius 2 is 1.74 bits per heavy atom. The van der Waals surface area contributed by atoms with E-state index in [0.29, 0.717) is 13.1 Å². The Bertz CT molecular complexity index is 519. The van der Waals surface area contributed by atoms with Crippen LogP contribution in [-0.4, -0.2) is 38.0 Å². The number of nitrogens with zero attached hydrogens (tertiary/aromatic N) is 1. The van der Waals surface area contributed by atoms with Crippen molar-refractivity contribution in [2.45, 2.75) is 31.8 Å². The standard InChI is InChI=1S/C13H18BrNO3S/c1-10-7-15(8-11(2)18-10)19(16,17)9-12-3-5-13(14)6-4-12/h3-6,10-11H,7-9H2,1-2H3/t10-,11-/m0/s1. The molecule has 4 nitrogen and oxygen atoms in total. The molecular weight excluding hydrogens is 330 g/mol. The van der Waals surface area contributed by atoms with Crippen molar-refractivity contribution in [2.24, 2.45) is 0 Å². The predicted molar refractivity (Wildman–Crippen MR) is 78.3 cm³/mol. The lowest BCUT2D eigenvalue weighted by atomic mass is 10.2. The molecule has 1 fully saturated rings. The Hall–Kier alpha value is -0.430. The minimum Gasteiger partial charge on any atom is -0.373 e. The molecule has 1 aromatic carbocycles. The van der Waals surface area contributed by atoms with Crippen LogP contribution in [0.2, 0.25) is 0 Å². The second kappa shape index (κ2) is 5.91. The van der Waals surface area contributed by atoms with Gasteiger partial charge in [0.25, 0.3) is 0 Å². The Morgan fingerprint density at radius 1 is 1.21 bits per heavy atom. The Balaban J connectivity index is 2.11. The number of hydrogen-bond acceptors (Lipinski definition) is 3. The minimum absolute atomic E-state index is 0.0414. The van der Waals surface area contributed by atoms with Gasteiger partial charge in [-0.25, -0.2) is 8.42 Å². The zero-order valence-corrected chi connectivity index (χ0v) is 13.4. The van der Waals surface area contributed by atoms with E-state index >= 15 is 0 Å². The lowest BCUT2D eigenvalue weighted by Crippen LogP contribution is -2.48. The zero-order valence-electron chi connectivity index (χ0n) is 11.0. The van der Waals surface area contributed by atoms with E-state index in [-0.39, 0.29) is 18.0 Å². The summed E-state index contributed by atoms with van der Waals surface area (Å²) in [5.74, 6) is 0.0414. The molecule has 0 radical (unpaired) electrons. The number of ether oxygens (including phenoxy) is 1. The molecule has 0 aliphatic carbocycles. The van der Waals surface area contributed by atoms with E-state index in [0.717, 1.165) is 10.0 Å². The highest BCUT2D eigenvalue weighted by atomic mass is 79.9. The van der Waals surface area contributed by atoms with Gasteiger partial charge in [-0.2, -0.15) is 4.31 Å². The largest absolute Gasteiger partial charge is 0.373 e.